The number of nitrogens with zero attached hydrogens (tertiary/aromatic N) is 3. The van der Waals surface area contributed by atoms with Crippen molar-refractivity contribution in [1.29, 1.82) is 0 Å². The number of fused-ring (bicyclic) bond motifs is 1. The van der Waals surface area contributed by atoms with Gasteiger partial charge < -0.3 is 9.63 Å². The van der Waals surface area contributed by atoms with Gasteiger partial charge >= 0.3 is 12.1 Å². The van der Waals surface area contributed by atoms with Crippen LogP contribution in [0.1, 0.15) is 42.4 Å². The summed E-state index contributed by atoms with van der Waals surface area (Å²) >= 11 is 0. The van der Waals surface area contributed by atoms with Crippen molar-refractivity contribution in [3.63, 3.8) is 0 Å². The maximum Gasteiger partial charge on any atom is 0.419 e. The first-order chi connectivity index (χ1) is 16.2. The van der Waals surface area contributed by atoms with Crippen molar-refractivity contribution in [2.45, 2.75) is 51.0 Å². The molecule has 0 saturated heterocycles. The molecule has 0 bridgehead atoms. The average molecular weight is 475 g/mol. The molecular formula is C24H21F4N3O3. The SMILES string of the molecule is O=C(O)C1CCC(N2Cc3ccc(-c4noc(-c5ccc(F)c(C(F)(F)F)c5)n4)cc3C2)CC1. The van der Waals surface area contributed by atoms with Crippen molar-refractivity contribution in [1.82, 2.24) is 15.0 Å². The highest BCUT2D eigenvalue weighted by molar-refractivity contribution is 5.70. The molecule has 0 spiro atoms. The molecule has 0 radical (unpaired) electrons. The quantitative estimate of drug-likeness (QED) is 0.501. The molecule has 178 valence electrons. The first-order valence-corrected chi connectivity index (χ1v) is 11.0. The van der Waals surface area contributed by atoms with Crippen LogP contribution >= 0.6 is 0 Å². The minimum atomic E-state index is -4.83. The summed E-state index contributed by atoms with van der Waals surface area (Å²) in [5.41, 5.74) is 1.53. The molecule has 10 heteroatoms. The van der Waals surface area contributed by atoms with E-state index < -0.39 is 23.5 Å². The van der Waals surface area contributed by atoms with Crippen molar-refractivity contribution in [2.24, 2.45) is 5.92 Å². The summed E-state index contributed by atoms with van der Waals surface area (Å²) in [5, 5.41) is 13.1. The average Bonchev–Trinajstić information content (AvgIpc) is 3.46. The highest BCUT2D eigenvalue weighted by Crippen LogP contribution is 2.36. The Kier molecular flexibility index (Phi) is 5.63. The van der Waals surface area contributed by atoms with Crippen molar-refractivity contribution < 1.29 is 32.0 Å². The Morgan fingerprint density at radius 3 is 2.41 bits per heavy atom. The second-order valence-corrected chi connectivity index (χ2v) is 8.85. The van der Waals surface area contributed by atoms with Crippen LogP contribution in [0.4, 0.5) is 17.6 Å². The lowest BCUT2D eigenvalue weighted by Gasteiger charge is -2.33. The maximum atomic E-state index is 13.6. The Bertz CT molecular complexity index is 1230. The fraction of sp³-hybridized carbons (Fsp3) is 0.375. The van der Waals surface area contributed by atoms with Gasteiger partial charge in [-0.1, -0.05) is 17.3 Å². The lowest BCUT2D eigenvalue weighted by atomic mass is 9.85. The Morgan fingerprint density at radius 2 is 1.71 bits per heavy atom. The van der Waals surface area contributed by atoms with Gasteiger partial charge in [-0.15, -0.1) is 0 Å². The topological polar surface area (TPSA) is 79.5 Å². The molecule has 0 unspecified atom stereocenters. The first kappa shape index (κ1) is 22.5. The predicted molar refractivity (Wildman–Crippen MR) is 113 cm³/mol. The summed E-state index contributed by atoms with van der Waals surface area (Å²) < 4.78 is 57.8. The van der Waals surface area contributed by atoms with Crippen LogP contribution in [0.3, 0.4) is 0 Å². The smallest absolute Gasteiger partial charge is 0.419 e. The zero-order chi connectivity index (χ0) is 24.0. The number of carboxylic acids is 1. The van der Waals surface area contributed by atoms with Crippen LogP contribution in [0.2, 0.25) is 0 Å². The van der Waals surface area contributed by atoms with E-state index in [4.69, 9.17) is 4.52 Å². The van der Waals surface area contributed by atoms with Crippen LogP contribution in [0.15, 0.2) is 40.9 Å². The monoisotopic (exact) mass is 475 g/mol. The van der Waals surface area contributed by atoms with Gasteiger partial charge in [0.2, 0.25) is 5.82 Å². The Morgan fingerprint density at radius 1 is 1.00 bits per heavy atom. The molecule has 1 N–H and O–H groups in total. The van der Waals surface area contributed by atoms with Gasteiger partial charge in [0.15, 0.2) is 0 Å². The van der Waals surface area contributed by atoms with Gasteiger partial charge in [-0.25, -0.2) is 4.39 Å². The van der Waals surface area contributed by atoms with E-state index in [2.05, 4.69) is 15.0 Å². The van der Waals surface area contributed by atoms with Crippen LogP contribution in [0.25, 0.3) is 22.8 Å². The third-order valence-corrected chi connectivity index (χ3v) is 6.72. The van der Waals surface area contributed by atoms with Gasteiger partial charge in [-0.3, -0.25) is 9.69 Å². The second-order valence-electron chi connectivity index (χ2n) is 8.85. The van der Waals surface area contributed by atoms with Crippen LogP contribution in [0, 0.1) is 11.7 Å². The molecule has 2 aromatic carbocycles. The summed E-state index contributed by atoms with van der Waals surface area (Å²) in [6.45, 7) is 1.51. The molecule has 1 aliphatic heterocycles. The first-order valence-electron chi connectivity index (χ1n) is 11.0. The Balaban J connectivity index is 1.32. The van der Waals surface area contributed by atoms with Gasteiger partial charge in [-0.05, 0) is 61.1 Å². The van der Waals surface area contributed by atoms with Crippen LogP contribution in [-0.4, -0.2) is 32.2 Å². The zero-order valence-electron chi connectivity index (χ0n) is 18.0. The molecule has 5 rings (SSSR count). The number of alkyl halides is 3. The normalized spacial score (nSPS) is 20.9. The molecule has 2 heterocycles. The predicted octanol–water partition coefficient (Wildman–Crippen LogP) is 5.52. The molecule has 1 aliphatic carbocycles. The molecule has 0 atom stereocenters. The minimum absolute atomic E-state index is 0.0169. The van der Waals surface area contributed by atoms with E-state index >= 15 is 0 Å². The number of hydrogen-bond acceptors (Lipinski definition) is 5. The molecule has 1 fully saturated rings. The van der Waals surface area contributed by atoms with E-state index in [1.165, 1.54) is 11.6 Å². The van der Waals surface area contributed by atoms with E-state index in [1.54, 1.807) is 0 Å². The summed E-state index contributed by atoms with van der Waals surface area (Å²) in [5.74, 6) is -2.24. The Hall–Kier alpha value is -3.27. The zero-order valence-corrected chi connectivity index (χ0v) is 18.0. The number of benzene rings is 2. The molecule has 6 nitrogen and oxygen atoms in total. The third-order valence-electron chi connectivity index (χ3n) is 6.72. The van der Waals surface area contributed by atoms with Crippen molar-refractivity contribution in [3.05, 3.63) is 58.9 Å². The van der Waals surface area contributed by atoms with Gasteiger partial charge in [0.05, 0.1) is 11.5 Å². The van der Waals surface area contributed by atoms with Crippen LogP contribution < -0.4 is 0 Å². The van der Waals surface area contributed by atoms with E-state index in [-0.39, 0.29) is 23.2 Å². The highest BCUT2D eigenvalue weighted by Gasteiger charge is 2.35. The molecular weight excluding hydrogens is 454 g/mol. The molecule has 1 saturated carbocycles. The summed E-state index contributed by atoms with van der Waals surface area (Å²) in [7, 11) is 0. The third kappa shape index (κ3) is 4.29. The number of halogens is 4. The van der Waals surface area contributed by atoms with E-state index in [1.807, 2.05) is 18.2 Å². The Labute approximate surface area is 192 Å². The van der Waals surface area contributed by atoms with Crippen LogP contribution in [-0.2, 0) is 24.1 Å². The molecule has 3 aromatic rings. The van der Waals surface area contributed by atoms with Crippen molar-refractivity contribution >= 4 is 5.97 Å². The standard InChI is InChI=1S/C24H21F4N3O3/c25-20-8-5-15(10-19(20)24(26,27)28)22-29-21(30-34-22)14-1-2-16-11-31(12-17(16)9-14)18-6-3-13(4-7-18)23(32)33/h1-2,5,8-10,13,18H,3-4,6-7,11-12H2,(H,32,33). The largest absolute Gasteiger partial charge is 0.481 e. The van der Waals surface area contributed by atoms with E-state index in [9.17, 15) is 27.5 Å². The fourth-order valence-corrected chi connectivity index (χ4v) is 4.84. The van der Waals surface area contributed by atoms with Gasteiger partial charge in [-0.2, -0.15) is 18.2 Å². The number of carbonyl (C=O) groups is 1. The van der Waals surface area contributed by atoms with E-state index in [0.29, 0.717) is 30.5 Å². The second kappa shape index (κ2) is 8.50. The van der Waals surface area contributed by atoms with E-state index in [0.717, 1.165) is 37.6 Å². The molecule has 34 heavy (non-hydrogen) atoms. The number of carboxylic acid groups (broad SMARTS) is 1. The molecule has 0 amide bonds. The maximum absolute atomic E-state index is 13.6. The number of aliphatic carboxylic acids is 1. The highest BCUT2D eigenvalue weighted by atomic mass is 19.4. The number of rotatable bonds is 4. The summed E-state index contributed by atoms with van der Waals surface area (Å²) in [4.78, 5) is 17.8. The van der Waals surface area contributed by atoms with Crippen molar-refractivity contribution in [2.75, 3.05) is 0 Å². The molecule has 1 aromatic heterocycles. The minimum Gasteiger partial charge on any atom is -0.481 e. The number of hydrogen-bond donors (Lipinski definition) is 1. The molecule has 2 aliphatic rings. The van der Waals surface area contributed by atoms with Gasteiger partial charge in [0, 0.05) is 30.3 Å². The van der Waals surface area contributed by atoms with Crippen molar-refractivity contribution in [3.8, 4) is 22.8 Å². The lowest BCUT2D eigenvalue weighted by molar-refractivity contribution is -0.143. The number of aromatic nitrogens is 2. The lowest BCUT2D eigenvalue weighted by Crippen LogP contribution is -2.35. The van der Waals surface area contributed by atoms with Crippen LogP contribution in [0.5, 0.6) is 0 Å². The van der Waals surface area contributed by atoms with Gasteiger partial charge in [0.1, 0.15) is 5.82 Å². The summed E-state index contributed by atoms with van der Waals surface area (Å²) in [6, 6.07) is 8.65. The fourth-order valence-electron chi connectivity index (χ4n) is 4.84. The van der Waals surface area contributed by atoms with Gasteiger partial charge in [0.25, 0.3) is 5.89 Å². The summed E-state index contributed by atoms with van der Waals surface area (Å²) in [6.07, 6.45) is -1.76.